The first-order valence-electron chi connectivity index (χ1n) is 11.1. The zero-order valence-electron chi connectivity index (χ0n) is 18.3. The van der Waals surface area contributed by atoms with Gasteiger partial charge in [-0.2, -0.15) is 0 Å². The SMILES string of the molecule is NC(=O)c1cccc2c1OC(NCc1cncn1Cc1ccc(-c3ccccc3)cc1)CC2. The van der Waals surface area contributed by atoms with Crippen LogP contribution in [0.2, 0.25) is 0 Å². The summed E-state index contributed by atoms with van der Waals surface area (Å²) >= 11 is 0. The number of carbonyl (C=O) groups excluding carboxylic acids is 1. The number of imidazole rings is 1. The summed E-state index contributed by atoms with van der Waals surface area (Å²) in [6.07, 6.45) is 5.19. The highest BCUT2D eigenvalue weighted by atomic mass is 16.5. The maximum atomic E-state index is 11.8. The van der Waals surface area contributed by atoms with Gasteiger partial charge >= 0.3 is 0 Å². The van der Waals surface area contributed by atoms with Gasteiger partial charge in [-0.05, 0) is 34.7 Å². The molecule has 0 saturated carbocycles. The lowest BCUT2D eigenvalue weighted by molar-refractivity contribution is 0.0979. The monoisotopic (exact) mass is 438 g/mol. The van der Waals surface area contributed by atoms with Gasteiger partial charge in [-0.1, -0.05) is 66.7 Å². The standard InChI is InChI=1S/C27H26N4O2/c28-27(32)24-8-4-7-22-13-14-25(33-26(22)24)30-16-23-15-29-18-31(23)17-19-9-11-21(12-10-19)20-5-2-1-3-6-20/h1-12,15,18,25,30H,13-14,16-17H2,(H2,28,32). The number of para-hydroxylation sites is 1. The lowest BCUT2D eigenvalue weighted by Gasteiger charge is -2.28. The first kappa shape index (κ1) is 21.0. The largest absolute Gasteiger partial charge is 0.474 e. The fraction of sp³-hybridized carbons (Fsp3) is 0.185. The number of nitrogens with one attached hydrogen (secondary N) is 1. The molecule has 0 saturated heterocycles. The van der Waals surface area contributed by atoms with Crippen LogP contribution in [-0.2, 0) is 19.5 Å². The van der Waals surface area contributed by atoms with Gasteiger partial charge in [0.15, 0.2) is 6.23 Å². The summed E-state index contributed by atoms with van der Waals surface area (Å²) in [5.41, 5.74) is 11.7. The van der Waals surface area contributed by atoms with Gasteiger partial charge in [-0.15, -0.1) is 0 Å². The van der Waals surface area contributed by atoms with Gasteiger partial charge in [-0.25, -0.2) is 4.98 Å². The van der Waals surface area contributed by atoms with Crippen LogP contribution in [0.1, 0.15) is 33.6 Å². The van der Waals surface area contributed by atoms with Crippen LogP contribution in [0, 0.1) is 0 Å². The number of fused-ring (bicyclic) bond motifs is 1. The Balaban J connectivity index is 1.23. The number of aryl methyl sites for hydroxylation is 1. The summed E-state index contributed by atoms with van der Waals surface area (Å²) in [6, 6.07) is 24.5. The molecule has 1 amide bonds. The number of primary amides is 1. The highest BCUT2D eigenvalue weighted by Gasteiger charge is 2.23. The van der Waals surface area contributed by atoms with Crippen molar-refractivity contribution in [3.63, 3.8) is 0 Å². The lowest BCUT2D eigenvalue weighted by Crippen LogP contribution is -2.38. The topological polar surface area (TPSA) is 82.2 Å². The minimum atomic E-state index is -0.469. The number of amides is 1. The molecule has 1 aromatic heterocycles. The molecule has 33 heavy (non-hydrogen) atoms. The van der Waals surface area contributed by atoms with Gasteiger partial charge in [0.05, 0.1) is 17.6 Å². The maximum Gasteiger partial charge on any atom is 0.252 e. The minimum absolute atomic E-state index is 0.188. The second-order valence-corrected chi connectivity index (χ2v) is 8.26. The van der Waals surface area contributed by atoms with Crippen molar-refractivity contribution >= 4 is 5.91 Å². The Bertz CT molecular complexity index is 1250. The van der Waals surface area contributed by atoms with E-state index in [2.05, 4.69) is 63.4 Å². The first-order valence-corrected chi connectivity index (χ1v) is 11.1. The van der Waals surface area contributed by atoms with Crippen molar-refractivity contribution in [2.45, 2.75) is 32.2 Å². The minimum Gasteiger partial charge on any atom is -0.474 e. The van der Waals surface area contributed by atoms with Gasteiger partial charge in [0.25, 0.3) is 5.91 Å². The molecule has 1 aliphatic heterocycles. The molecule has 5 rings (SSSR count). The number of benzene rings is 3. The van der Waals surface area contributed by atoms with Crippen molar-refractivity contribution in [2.24, 2.45) is 5.73 Å². The second kappa shape index (κ2) is 9.30. The molecule has 1 aliphatic rings. The van der Waals surface area contributed by atoms with E-state index in [1.54, 1.807) is 6.07 Å². The molecule has 0 bridgehead atoms. The number of rotatable bonds is 7. The highest BCUT2D eigenvalue weighted by Crippen LogP contribution is 2.30. The van der Waals surface area contributed by atoms with Crippen LogP contribution in [0.15, 0.2) is 85.3 Å². The molecule has 6 nitrogen and oxygen atoms in total. The first-order chi connectivity index (χ1) is 16.2. The Kier molecular flexibility index (Phi) is 5.91. The number of aromatic nitrogens is 2. The number of hydrogen-bond acceptors (Lipinski definition) is 4. The van der Waals surface area contributed by atoms with E-state index in [1.807, 2.05) is 30.7 Å². The highest BCUT2D eigenvalue weighted by molar-refractivity contribution is 5.96. The molecule has 3 aromatic carbocycles. The summed E-state index contributed by atoms with van der Waals surface area (Å²) in [5.74, 6) is 0.129. The average Bonchev–Trinajstić information content (AvgIpc) is 3.30. The third-order valence-corrected chi connectivity index (χ3v) is 6.02. The zero-order valence-corrected chi connectivity index (χ0v) is 18.3. The van der Waals surface area contributed by atoms with Crippen LogP contribution in [-0.4, -0.2) is 21.7 Å². The lowest BCUT2D eigenvalue weighted by atomic mass is 10.0. The molecule has 6 heteroatoms. The molecule has 3 N–H and O–H groups in total. The molecule has 166 valence electrons. The number of nitrogens with zero attached hydrogens (tertiary/aromatic N) is 2. The van der Waals surface area contributed by atoms with Crippen LogP contribution < -0.4 is 15.8 Å². The van der Waals surface area contributed by atoms with E-state index in [1.165, 1.54) is 16.7 Å². The molecule has 0 aliphatic carbocycles. The molecule has 4 aromatic rings. The number of carbonyl (C=O) groups is 1. The van der Waals surface area contributed by atoms with Crippen molar-refractivity contribution in [1.29, 1.82) is 0 Å². The molecule has 0 radical (unpaired) electrons. The molecular weight excluding hydrogens is 412 g/mol. The van der Waals surface area contributed by atoms with Gasteiger partial charge in [0, 0.05) is 25.7 Å². The predicted octanol–water partition coefficient (Wildman–Crippen LogP) is 4.14. The molecule has 0 fully saturated rings. The van der Waals surface area contributed by atoms with Gasteiger partial charge in [-0.3, -0.25) is 10.1 Å². The van der Waals surface area contributed by atoms with Crippen molar-refractivity contribution in [2.75, 3.05) is 0 Å². The van der Waals surface area contributed by atoms with Crippen molar-refractivity contribution in [3.05, 3.63) is 108 Å². The molecular formula is C27H26N4O2. The Morgan fingerprint density at radius 1 is 1.03 bits per heavy atom. The van der Waals surface area contributed by atoms with E-state index in [9.17, 15) is 4.79 Å². The summed E-state index contributed by atoms with van der Waals surface area (Å²) in [5, 5.41) is 3.45. The van der Waals surface area contributed by atoms with Crippen LogP contribution in [0.4, 0.5) is 0 Å². The smallest absolute Gasteiger partial charge is 0.252 e. The Hall–Kier alpha value is -3.90. The van der Waals surface area contributed by atoms with Gasteiger partial charge in [0.1, 0.15) is 5.75 Å². The number of ether oxygens (including phenoxy) is 1. The fourth-order valence-electron chi connectivity index (χ4n) is 4.23. The summed E-state index contributed by atoms with van der Waals surface area (Å²) in [6.45, 7) is 1.35. The van der Waals surface area contributed by atoms with Crippen LogP contribution in [0.25, 0.3) is 11.1 Å². The third-order valence-electron chi connectivity index (χ3n) is 6.02. The van der Waals surface area contributed by atoms with Crippen molar-refractivity contribution in [1.82, 2.24) is 14.9 Å². The maximum absolute atomic E-state index is 11.8. The van der Waals surface area contributed by atoms with Crippen LogP contribution in [0.3, 0.4) is 0 Å². The molecule has 1 unspecified atom stereocenters. The van der Waals surface area contributed by atoms with Crippen LogP contribution >= 0.6 is 0 Å². The molecule has 2 heterocycles. The van der Waals surface area contributed by atoms with E-state index in [-0.39, 0.29) is 6.23 Å². The van der Waals surface area contributed by atoms with E-state index in [4.69, 9.17) is 10.5 Å². The number of nitrogens with two attached hydrogens (primary N) is 1. The van der Waals surface area contributed by atoms with E-state index in [0.29, 0.717) is 17.9 Å². The Morgan fingerprint density at radius 3 is 2.61 bits per heavy atom. The normalized spacial score (nSPS) is 15.0. The summed E-state index contributed by atoms with van der Waals surface area (Å²) < 4.78 is 8.23. The molecule has 1 atom stereocenters. The summed E-state index contributed by atoms with van der Waals surface area (Å²) in [4.78, 5) is 16.1. The Morgan fingerprint density at radius 2 is 1.82 bits per heavy atom. The quantitative estimate of drug-likeness (QED) is 0.454. The van der Waals surface area contributed by atoms with Crippen LogP contribution in [0.5, 0.6) is 5.75 Å². The number of hydrogen-bond donors (Lipinski definition) is 2. The van der Waals surface area contributed by atoms with E-state index in [0.717, 1.165) is 30.6 Å². The fourth-order valence-corrected chi connectivity index (χ4v) is 4.23. The van der Waals surface area contributed by atoms with E-state index < -0.39 is 5.91 Å². The van der Waals surface area contributed by atoms with Crippen molar-refractivity contribution < 1.29 is 9.53 Å². The summed E-state index contributed by atoms with van der Waals surface area (Å²) in [7, 11) is 0. The average molecular weight is 439 g/mol. The zero-order chi connectivity index (χ0) is 22.6. The third kappa shape index (κ3) is 4.66. The molecule has 0 spiro atoms. The van der Waals surface area contributed by atoms with Gasteiger partial charge < -0.3 is 15.0 Å². The van der Waals surface area contributed by atoms with Gasteiger partial charge in [0.2, 0.25) is 0 Å². The predicted molar refractivity (Wildman–Crippen MR) is 128 cm³/mol. The Labute approximate surface area is 193 Å². The van der Waals surface area contributed by atoms with Crippen molar-refractivity contribution in [3.8, 4) is 16.9 Å². The van der Waals surface area contributed by atoms with E-state index >= 15 is 0 Å². The second-order valence-electron chi connectivity index (χ2n) is 8.26.